The Labute approximate surface area is 172 Å². The molecule has 0 aliphatic carbocycles. The van der Waals surface area contributed by atoms with E-state index in [-0.39, 0.29) is 24.3 Å². The van der Waals surface area contributed by atoms with E-state index in [9.17, 15) is 27.2 Å². The zero-order valence-electron chi connectivity index (χ0n) is 16.7. The number of benzene rings is 2. The fourth-order valence-electron chi connectivity index (χ4n) is 3.04. The Hall–Kier alpha value is -2.90. The molecule has 0 aromatic heterocycles. The molecule has 0 spiro atoms. The van der Waals surface area contributed by atoms with Gasteiger partial charge in [-0.2, -0.15) is 13.2 Å². The number of amides is 1. The molecule has 0 N–H and O–H groups in total. The number of alkyl halides is 3. The van der Waals surface area contributed by atoms with Crippen molar-refractivity contribution >= 4 is 11.9 Å². The summed E-state index contributed by atoms with van der Waals surface area (Å²) in [5.41, 5.74) is -1.14. The van der Waals surface area contributed by atoms with Crippen LogP contribution in [0.2, 0.25) is 0 Å². The summed E-state index contributed by atoms with van der Waals surface area (Å²) in [5.74, 6) is -2.78. The van der Waals surface area contributed by atoms with Gasteiger partial charge in [0.15, 0.2) is 0 Å². The highest BCUT2D eigenvalue weighted by atomic mass is 19.4. The SMILES string of the molecule is CCOC(=O)C(CC)CN(Cc1ccc(F)cc1C(F)(F)F)C(=O)c1ccccc1. The Bertz CT molecular complexity index is 868. The number of hydrogen-bond acceptors (Lipinski definition) is 3. The standard InChI is InChI=1S/C22H23F4NO3/c1-3-15(21(29)30-4-2)13-27(20(28)16-8-6-5-7-9-16)14-17-10-11-18(23)12-19(17)22(24,25)26/h5-12,15H,3-4,13-14H2,1-2H3. The second-order valence-corrected chi connectivity index (χ2v) is 6.71. The summed E-state index contributed by atoms with van der Waals surface area (Å²) >= 11 is 0. The van der Waals surface area contributed by atoms with Crippen molar-refractivity contribution < 1.29 is 31.9 Å². The Morgan fingerprint density at radius 3 is 2.30 bits per heavy atom. The summed E-state index contributed by atoms with van der Waals surface area (Å²) in [6, 6.07) is 10.4. The van der Waals surface area contributed by atoms with Crippen molar-refractivity contribution in [3.63, 3.8) is 0 Å². The van der Waals surface area contributed by atoms with Gasteiger partial charge in [0.05, 0.1) is 18.1 Å². The smallest absolute Gasteiger partial charge is 0.416 e. The van der Waals surface area contributed by atoms with E-state index >= 15 is 0 Å². The molecular formula is C22H23F4NO3. The first-order valence-electron chi connectivity index (χ1n) is 9.53. The molecule has 0 aliphatic rings. The van der Waals surface area contributed by atoms with Gasteiger partial charge >= 0.3 is 12.1 Å². The van der Waals surface area contributed by atoms with E-state index in [0.29, 0.717) is 12.5 Å². The van der Waals surface area contributed by atoms with Gasteiger partial charge in [0, 0.05) is 18.7 Å². The molecule has 1 unspecified atom stereocenters. The van der Waals surface area contributed by atoms with Gasteiger partial charge in [-0.1, -0.05) is 31.2 Å². The van der Waals surface area contributed by atoms with Crippen molar-refractivity contribution in [2.75, 3.05) is 13.2 Å². The van der Waals surface area contributed by atoms with E-state index in [1.54, 1.807) is 32.0 Å². The van der Waals surface area contributed by atoms with Crippen LogP contribution in [0, 0.1) is 11.7 Å². The molecule has 0 bridgehead atoms. The molecule has 4 nitrogen and oxygen atoms in total. The molecule has 0 saturated carbocycles. The molecule has 8 heteroatoms. The fraction of sp³-hybridized carbons (Fsp3) is 0.364. The average Bonchev–Trinajstić information content (AvgIpc) is 2.71. The zero-order valence-corrected chi connectivity index (χ0v) is 16.7. The van der Waals surface area contributed by atoms with Crippen molar-refractivity contribution in [2.45, 2.75) is 33.0 Å². The first-order chi connectivity index (χ1) is 14.2. The molecule has 0 saturated heterocycles. The van der Waals surface area contributed by atoms with E-state index in [2.05, 4.69) is 0 Å². The Morgan fingerprint density at radius 1 is 1.07 bits per heavy atom. The first kappa shape index (κ1) is 23.4. The van der Waals surface area contributed by atoms with Crippen LogP contribution in [0.5, 0.6) is 0 Å². The van der Waals surface area contributed by atoms with Crippen LogP contribution in [0.15, 0.2) is 48.5 Å². The van der Waals surface area contributed by atoms with Crippen molar-refractivity contribution in [1.82, 2.24) is 4.90 Å². The van der Waals surface area contributed by atoms with E-state index in [1.807, 2.05) is 0 Å². The number of rotatable bonds is 8. The van der Waals surface area contributed by atoms with Gasteiger partial charge in [0.1, 0.15) is 5.82 Å². The van der Waals surface area contributed by atoms with Crippen LogP contribution in [0.1, 0.15) is 41.8 Å². The molecule has 1 atom stereocenters. The summed E-state index contributed by atoms with van der Waals surface area (Å²) in [4.78, 5) is 26.4. The molecule has 30 heavy (non-hydrogen) atoms. The summed E-state index contributed by atoms with van der Waals surface area (Å²) in [6.07, 6.45) is -4.45. The zero-order chi connectivity index (χ0) is 22.3. The molecule has 0 radical (unpaired) electrons. The van der Waals surface area contributed by atoms with Crippen LogP contribution in [0.25, 0.3) is 0 Å². The number of halogens is 4. The molecule has 1 amide bonds. The van der Waals surface area contributed by atoms with E-state index < -0.39 is 41.9 Å². The van der Waals surface area contributed by atoms with E-state index in [0.717, 1.165) is 12.1 Å². The second kappa shape index (κ2) is 10.2. The lowest BCUT2D eigenvalue weighted by Gasteiger charge is -2.28. The Balaban J connectivity index is 2.42. The normalized spacial score (nSPS) is 12.3. The lowest BCUT2D eigenvalue weighted by atomic mass is 10.0. The number of esters is 1. The van der Waals surface area contributed by atoms with Crippen LogP contribution < -0.4 is 0 Å². The molecule has 0 heterocycles. The molecular weight excluding hydrogens is 402 g/mol. The summed E-state index contributed by atoms with van der Waals surface area (Å²) in [6.45, 7) is 2.96. The molecule has 2 aromatic carbocycles. The summed E-state index contributed by atoms with van der Waals surface area (Å²) < 4.78 is 58.7. The Morgan fingerprint density at radius 2 is 1.73 bits per heavy atom. The number of ether oxygens (including phenoxy) is 1. The fourth-order valence-corrected chi connectivity index (χ4v) is 3.04. The number of carbonyl (C=O) groups is 2. The van der Waals surface area contributed by atoms with E-state index in [4.69, 9.17) is 4.74 Å². The molecule has 2 rings (SSSR count). The van der Waals surface area contributed by atoms with Gasteiger partial charge in [0.2, 0.25) is 0 Å². The highest BCUT2D eigenvalue weighted by Gasteiger charge is 2.35. The van der Waals surface area contributed by atoms with Gasteiger partial charge in [-0.25, -0.2) is 4.39 Å². The topological polar surface area (TPSA) is 46.6 Å². The van der Waals surface area contributed by atoms with Crippen molar-refractivity contribution in [2.24, 2.45) is 5.92 Å². The minimum atomic E-state index is -4.79. The lowest BCUT2D eigenvalue weighted by Crippen LogP contribution is -2.38. The highest BCUT2D eigenvalue weighted by molar-refractivity contribution is 5.94. The van der Waals surface area contributed by atoms with Crippen molar-refractivity contribution in [3.05, 3.63) is 71.0 Å². The quantitative estimate of drug-likeness (QED) is 0.438. The number of hydrogen-bond donors (Lipinski definition) is 0. The van der Waals surface area contributed by atoms with Gasteiger partial charge in [-0.05, 0) is 43.2 Å². The van der Waals surface area contributed by atoms with Gasteiger partial charge in [-0.15, -0.1) is 0 Å². The van der Waals surface area contributed by atoms with Gasteiger partial charge < -0.3 is 9.64 Å². The second-order valence-electron chi connectivity index (χ2n) is 6.71. The van der Waals surface area contributed by atoms with Crippen LogP contribution in [-0.2, 0) is 22.3 Å². The monoisotopic (exact) mass is 425 g/mol. The third-order valence-corrected chi connectivity index (χ3v) is 4.60. The Kier molecular flexibility index (Phi) is 7.97. The third kappa shape index (κ3) is 6.05. The number of carbonyl (C=O) groups excluding carboxylic acids is 2. The predicted octanol–water partition coefficient (Wildman–Crippen LogP) is 5.08. The van der Waals surface area contributed by atoms with Crippen LogP contribution in [0.4, 0.5) is 17.6 Å². The van der Waals surface area contributed by atoms with Crippen molar-refractivity contribution in [3.8, 4) is 0 Å². The van der Waals surface area contributed by atoms with Crippen LogP contribution >= 0.6 is 0 Å². The number of nitrogens with zero attached hydrogens (tertiary/aromatic N) is 1. The maximum Gasteiger partial charge on any atom is 0.416 e. The maximum atomic E-state index is 13.5. The van der Waals surface area contributed by atoms with Crippen molar-refractivity contribution in [1.29, 1.82) is 0 Å². The van der Waals surface area contributed by atoms with Gasteiger partial charge in [0.25, 0.3) is 5.91 Å². The summed E-state index contributed by atoms with van der Waals surface area (Å²) in [7, 11) is 0. The average molecular weight is 425 g/mol. The summed E-state index contributed by atoms with van der Waals surface area (Å²) in [5, 5.41) is 0. The van der Waals surface area contributed by atoms with Crippen LogP contribution in [-0.4, -0.2) is 29.9 Å². The third-order valence-electron chi connectivity index (χ3n) is 4.60. The minimum Gasteiger partial charge on any atom is -0.466 e. The maximum absolute atomic E-state index is 13.5. The lowest BCUT2D eigenvalue weighted by molar-refractivity contribution is -0.148. The van der Waals surface area contributed by atoms with Gasteiger partial charge in [-0.3, -0.25) is 9.59 Å². The highest BCUT2D eigenvalue weighted by Crippen LogP contribution is 2.33. The molecule has 0 aliphatic heterocycles. The van der Waals surface area contributed by atoms with Crippen LogP contribution in [0.3, 0.4) is 0 Å². The molecule has 0 fully saturated rings. The minimum absolute atomic E-state index is 0.127. The first-order valence-corrected chi connectivity index (χ1v) is 9.53. The molecule has 162 valence electrons. The van der Waals surface area contributed by atoms with E-state index in [1.165, 1.54) is 17.0 Å². The molecule has 2 aromatic rings. The predicted molar refractivity (Wildman–Crippen MR) is 103 cm³/mol. The largest absolute Gasteiger partial charge is 0.466 e.